The Morgan fingerprint density at radius 3 is 2.36 bits per heavy atom. The van der Waals surface area contributed by atoms with Gasteiger partial charge in [-0.05, 0) is 24.4 Å². The van der Waals surface area contributed by atoms with Gasteiger partial charge in [-0.1, -0.05) is 39.7 Å². The molecule has 0 fully saturated rings. The third-order valence-electron chi connectivity index (χ3n) is 1.07. The fourth-order valence-electron chi connectivity index (χ4n) is 0.526. The van der Waals surface area contributed by atoms with E-state index in [9.17, 15) is 4.39 Å². The monoisotopic (exact) mass is 238 g/mol. The van der Waals surface area contributed by atoms with Crippen LogP contribution in [0, 0.1) is 0 Å². The molecule has 0 aromatic heterocycles. The second kappa shape index (κ2) is 5.56. The van der Waals surface area contributed by atoms with Gasteiger partial charge in [-0.15, -0.1) is 0 Å². The number of hydrogen-bond donors (Lipinski definition) is 0. The molecular formula is C8H9BrClF. The molecule has 0 spiro atoms. The van der Waals surface area contributed by atoms with Crippen LogP contribution in [0.4, 0.5) is 4.39 Å². The summed E-state index contributed by atoms with van der Waals surface area (Å²) in [7, 11) is 0. The van der Waals surface area contributed by atoms with Crippen LogP contribution in [0.3, 0.4) is 0 Å². The van der Waals surface area contributed by atoms with Crippen LogP contribution in [0.1, 0.15) is 13.8 Å². The molecule has 0 N–H and O–H groups in total. The molecule has 0 saturated carbocycles. The van der Waals surface area contributed by atoms with Gasteiger partial charge in [0.15, 0.2) is 0 Å². The molecule has 62 valence electrons. The summed E-state index contributed by atoms with van der Waals surface area (Å²) in [6, 6.07) is 0. The van der Waals surface area contributed by atoms with Gasteiger partial charge in [-0.25, -0.2) is 4.39 Å². The molecule has 0 aliphatic carbocycles. The Labute approximate surface area is 79.6 Å². The molecular weight excluding hydrogens is 230 g/mol. The van der Waals surface area contributed by atoms with Gasteiger partial charge in [0.2, 0.25) is 0 Å². The van der Waals surface area contributed by atoms with E-state index < -0.39 is 0 Å². The third-order valence-corrected chi connectivity index (χ3v) is 1.54. The summed E-state index contributed by atoms with van der Waals surface area (Å²) in [5, 5.41) is 0.182. The predicted octanol–water partition coefficient (Wildman–Crippen LogP) is 4.28. The van der Waals surface area contributed by atoms with Crippen LogP contribution < -0.4 is 0 Å². The number of allylic oxidation sites excluding steroid dienone is 5. The van der Waals surface area contributed by atoms with Gasteiger partial charge >= 0.3 is 0 Å². The summed E-state index contributed by atoms with van der Waals surface area (Å²) in [6.07, 6.45) is 3.32. The molecule has 0 aromatic carbocycles. The Hall–Kier alpha value is -0.0800. The van der Waals surface area contributed by atoms with Gasteiger partial charge in [-0.2, -0.15) is 0 Å². The largest absolute Gasteiger partial charge is 0.205 e. The average molecular weight is 240 g/mol. The summed E-state index contributed by atoms with van der Waals surface area (Å²) in [5.41, 5.74) is 0.521. The van der Waals surface area contributed by atoms with E-state index in [0.29, 0.717) is 5.57 Å². The van der Waals surface area contributed by atoms with Crippen LogP contribution in [-0.2, 0) is 0 Å². The summed E-state index contributed by atoms with van der Waals surface area (Å²) in [4.78, 5) is 1.65. The van der Waals surface area contributed by atoms with Crippen molar-refractivity contribution in [3.63, 3.8) is 0 Å². The maximum Gasteiger partial charge on any atom is 0.140 e. The minimum atomic E-state index is -0.364. The van der Waals surface area contributed by atoms with Gasteiger partial charge in [0.1, 0.15) is 5.83 Å². The van der Waals surface area contributed by atoms with E-state index in [1.54, 1.807) is 24.1 Å². The topological polar surface area (TPSA) is 0 Å². The van der Waals surface area contributed by atoms with Crippen LogP contribution in [0.5, 0.6) is 0 Å². The van der Waals surface area contributed by atoms with Crippen LogP contribution in [-0.4, -0.2) is 0 Å². The zero-order valence-corrected chi connectivity index (χ0v) is 8.71. The molecule has 0 atom stereocenters. The van der Waals surface area contributed by atoms with Gasteiger partial charge in [0.25, 0.3) is 0 Å². The normalized spacial score (nSPS) is 15.5. The second-order valence-electron chi connectivity index (χ2n) is 2.02. The summed E-state index contributed by atoms with van der Waals surface area (Å²) in [5.74, 6) is -0.364. The molecule has 0 aliphatic heterocycles. The average Bonchev–Trinajstić information content (AvgIpc) is 1.98. The summed E-state index contributed by atoms with van der Waals surface area (Å²) in [6.45, 7) is 3.18. The molecule has 0 amide bonds. The highest BCUT2D eigenvalue weighted by Gasteiger charge is 1.99. The lowest BCUT2D eigenvalue weighted by Gasteiger charge is -1.95. The first kappa shape index (κ1) is 10.9. The molecule has 0 rings (SSSR count). The van der Waals surface area contributed by atoms with Gasteiger partial charge < -0.3 is 0 Å². The van der Waals surface area contributed by atoms with Crippen LogP contribution in [0.15, 0.2) is 33.6 Å². The van der Waals surface area contributed by atoms with Crippen molar-refractivity contribution in [3.05, 3.63) is 33.6 Å². The Morgan fingerprint density at radius 2 is 2.00 bits per heavy atom. The molecule has 0 unspecified atom stereocenters. The zero-order valence-electron chi connectivity index (χ0n) is 6.37. The number of hydrogen-bond acceptors (Lipinski definition) is 0. The minimum absolute atomic E-state index is 0.182. The smallest absolute Gasteiger partial charge is 0.140 e. The predicted molar refractivity (Wildman–Crippen MR) is 51.5 cm³/mol. The van der Waals surface area contributed by atoms with Crippen molar-refractivity contribution in [2.45, 2.75) is 13.8 Å². The lowest BCUT2D eigenvalue weighted by Crippen LogP contribution is -1.77. The van der Waals surface area contributed by atoms with Gasteiger partial charge in [0, 0.05) is 0 Å². The third kappa shape index (κ3) is 4.38. The molecule has 3 heteroatoms. The minimum Gasteiger partial charge on any atom is -0.205 e. The molecule has 0 aliphatic rings. The van der Waals surface area contributed by atoms with Crippen molar-refractivity contribution in [1.82, 2.24) is 0 Å². The SMILES string of the molecule is CC(=C/C=C/Br)/C(F)=C(\C)Cl. The first-order valence-corrected chi connectivity index (χ1v) is 4.35. The van der Waals surface area contributed by atoms with Crippen molar-refractivity contribution in [1.29, 1.82) is 0 Å². The maximum atomic E-state index is 12.9. The van der Waals surface area contributed by atoms with E-state index in [-0.39, 0.29) is 10.9 Å². The van der Waals surface area contributed by atoms with E-state index >= 15 is 0 Å². The Bertz CT molecular complexity index is 212. The molecule has 0 aromatic rings. The Kier molecular flexibility index (Phi) is 5.51. The Balaban J connectivity index is 4.49. The van der Waals surface area contributed by atoms with Gasteiger partial charge in [0.05, 0.1) is 5.03 Å². The maximum absolute atomic E-state index is 12.9. The van der Waals surface area contributed by atoms with Crippen molar-refractivity contribution in [3.8, 4) is 0 Å². The first-order chi connectivity index (χ1) is 5.09. The van der Waals surface area contributed by atoms with Crippen molar-refractivity contribution < 1.29 is 4.39 Å². The van der Waals surface area contributed by atoms with Crippen LogP contribution in [0.2, 0.25) is 0 Å². The Morgan fingerprint density at radius 1 is 1.45 bits per heavy atom. The molecule has 0 heterocycles. The lowest BCUT2D eigenvalue weighted by atomic mass is 10.2. The molecule has 0 bridgehead atoms. The van der Waals surface area contributed by atoms with E-state index in [1.165, 1.54) is 6.92 Å². The van der Waals surface area contributed by atoms with E-state index in [2.05, 4.69) is 15.9 Å². The first-order valence-electron chi connectivity index (χ1n) is 3.05. The van der Waals surface area contributed by atoms with E-state index in [1.807, 2.05) is 0 Å². The fourth-order valence-corrected chi connectivity index (χ4v) is 0.827. The molecule has 11 heavy (non-hydrogen) atoms. The highest BCUT2D eigenvalue weighted by Crippen LogP contribution is 2.18. The van der Waals surface area contributed by atoms with Crippen molar-refractivity contribution >= 4 is 27.5 Å². The quantitative estimate of drug-likeness (QED) is 0.631. The molecule has 0 radical (unpaired) electrons. The fraction of sp³-hybridized carbons (Fsp3) is 0.250. The summed E-state index contributed by atoms with van der Waals surface area (Å²) >= 11 is 8.50. The highest BCUT2D eigenvalue weighted by molar-refractivity contribution is 9.11. The van der Waals surface area contributed by atoms with Gasteiger partial charge in [-0.3, -0.25) is 0 Å². The lowest BCUT2D eigenvalue weighted by molar-refractivity contribution is 0.646. The van der Waals surface area contributed by atoms with E-state index in [0.717, 1.165) is 0 Å². The zero-order chi connectivity index (χ0) is 8.85. The molecule has 0 nitrogen and oxygen atoms in total. The van der Waals surface area contributed by atoms with E-state index in [4.69, 9.17) is 11.6 Å². The summed E-state index contributed by atoms with van der Waals surface area (Å²) < 4.78 is 12.9. The van der Waals surface area contributed by atoms with Crippen LogP contribution in [0.25, 0.3) is 0 Å². The second-order valence-corrected chi connectivity index (χ2v) is 3.11. The standard InChI is InChI=1S/C8H9BrClF/c1-6(4-3-5-9)8(11)7(2)10/h3-5H,1-2H3/b5-3+,6-4-,8-7-. The number of rotatable bonds is 2. The van der Waals surface area contributed by atoms with Crippen molar-refractivity contribution in [2.75, 3.05) is 0 Å². The van der Waals surface area contributed by atoms with Crippen LogP contribution >= 0.6 is 27.5 Å². The number of halogens is 3. The van der Waals surface area contributed by atoms with Crippen molar-refractivity contribution in [2.24, 2.45) is 0 Å². The highest BCUT2D eigenvalue weighted by atomic mass is 79.9. The molecule has 0 saturated heterocycles.